The standard InChI is InChI=1S/C16H25N3O2/c1-5-19(6-2)15(16-8-7-9-20-16)11-17-10-14-12(3)18-21-13(14)4/h7-9,15,17H,5-6,10-11H2,1-4H3. The zero-order valence-corrected chi connectivity index (χ0v) is 13.3. The minimum Gasteiger partial charge on any atom is -0.468 e. The molecule has 2 rings (SSSR count). The summed E-state index contributed by atoms with van der Waals surface area (Å²) in [6, 6.07) is 4.23. The summed E-state index contributed by atoms with van der Waals surface area (Å²) in [5.74, 6) is 1.89. The molecule has 0 saturated heterocycles. The summed E-state index contributed by atoms with van der Waals surface area (Å²) in [6.45, 7) is 11.9. The van der Waals surface area contributed by atoms with Crippen molar-refractivity contribution in [3.05, 3.63) is 41.2 Å². The molecule has 0 aliphatic heterocycles. The van der Waals surface area contributed by atoms with Gasteiger partial charge in [0.15, 0.2) is 0 Å². The van der Waals surface area contributed by atoms with Crippen LogP contribution < -0.4 is 5.32 Å². The molecule has 116 valence electrons. The lowest BCUT2D eigenvalue weighted by atomic mass is 10.1. The Labute approximate surface area is 126 Å². The summed E-state index contributed by atoms with van der Waals surface area (Å²) in [5.41, 5.74) is 2.10. The molecule has 21 heavy (non-hydrogen) atoms. The van der Waals surface area contributed by atoms with Crippen LogP contribution in [-0.2, 0) is 6.54 Å². The first-order valence-corrected chi connectivity index (χ1v) is 7.57. The monoisotopic (exact) mass is 291 g/mol. The molecule has 2 heterocycles. The van der Waals surface area contributed by atoms with Gasteiger partial charge < -0.3 is 14.3 Å². The number of likely N-dealkylation sites (N-methyl/N-ethyl adjacent to an activating group) is 1. The molecule has 0 saturated carbocycles. The molecule has 1 atom stereocenters. The van der Waals surface area contributed by atoms with Gasteiger partial charge in [-0.3, -0.25) is 4.90 Å². The van der Waals surface area contributed by atoms with Crippen molar-refractivity contribution in [1.29, 1.82) is 0 Å². The van der Waals surface area contributed by atoms with Gasteiger partial charge in [0.05, 0.1) is 18.0 Å². The average Bonchev–Trinajstić information content (AvgIpc) is 3.11. The van der Waals surface area contributed by atoms with Crippen LogP contribution in [-0.4, -0.2) is 29.7 Å². The third-order valence-corrected chi connectivity index (χ3v) is 3.95. The van der Waals surface area contributed by atoms with Gasteiger partial charge in [-0.15, -0.1) is 0 Å². The molecule has 0 bridgehead atoms. The molecule has 2 aromatic heterocycles. The number of aryl methyl sites for hydroxylation is 2. The van der Waals surface area contributed by atoms with Gasteiger partial charge in [-0.2, -0.15) is 0 Å². The van der Waals surface area contributed by atoms with Crippen LogP contribution >= 0.6 is 0 Å². The van der Waals surface area contributed by atoms with Crippen LogP contribution in [0.1, 0.15) is 42.7 Å². The van der Waals surface area contributed by atoms with E-state index >= 15 is 0 Å². The van der Waals surface area contributed by atoms with Crippen molar-refractivity contribution in [2.24, 2.45) is 0 Å². The van der Waals surface area contributed by atoms with Crippen molar-refractivity contribution in [1.82, 2.24) is 15.4 Å². The molecule has 5 heteroatoms. The minimum absolute atomic E-state index is 0.246. The first kappa shape index (κ1) is 15.8. The molecule has 0 amide bonds. The zero-order valence-electron chi connectivity index (χ0n) is 13.3. The van der Waals surface area contributed by atoms with Crippen LogP contribution in [0.3, 0.4) is 0 Å². The quantitative estimate of drug-likeness (QED) is 0.810. The van der Waals surface area contributed by atoms with E-state index in [2.05, 4.69) is 29.2 Å². The number of nitrogens with one attached hydrogen (secondary N) is 1. The molecule has 0 aromatic carbocycles. The Bertz CT molecular complexity index is 510. The number of nitrogens with zero attached hydrogens (tertiary/aromatic N) is 2. The molecular formula is C16H25N3O2. The summed E-state index contributed by atoms with van der Waals surface area (Å²) in [7, 11) is 0. The number of hydrogen-bond acceptors (Lipinski definition) is 5. The van der Waals surface area contributed by atoms with Crippen LogP contribution in [0.15, 0.2) is 27.3 Å². The summed E-state index contributed by atoms with van der Waals surface area (Å²) < 4.78 is 10.8. The molecule has 5 nitrogen and oxygen atoms in total. The van der Waals surface area contributed by atoms with E-state index in [9.17, 15) is 0 Å². The minimum atomic E-state index is 0.246. The van der Waals surface area contributed by atoms with E-state index in [4.69, 9.17) is 8.94 Å². The van der Waals surface area contributed by atoms with E-state index < -0.39 is 0 Å². The molecular weight excluding hydrogens is 266 g/mol. The van der Waals surface area contributed by atoms with Gasteiger partial charge in [0, 0.05) is 18.7 Å². The highest BCUT2D eigenvalue weighted by atomic mass is 16.5. The summed E-state index contributed by atoms with van der Waals surface area (Å²) >= 11 is 0. The van der Waals surface area contributed by atoms with Crippen LogP contribution in [0.5, 0.6) is 0 Å². The van der Waals surface area contributed by atoms with Gasteiger partial charge in [-0.25, -0.2) is 0 Å². The molecule has 0 radical (unpaired) electrons. The van der Waals surface area contributed by atoms with Crippen LogP contribution in [0, 0.1) is 13.8 Å². The van der Waals surface area contributed by atoms with Gasteiger partial charge in [-0.1, -0.05) is 19.0 Å². The van der Waals surface area contributed by atoms with Crippen molar-refractivity contribution < 1.29 is 8.94 Å². The van der Waals surface area contributed by atoms with E-state index in [1.165, 1.54) is 0 Å². The first-order chi connectivity index (χ1) is 10.2. The second-order valence-corrected chi connectivity index (χ2v) is 5.19. The summed E-state index contributed by atoms with van der Waals surface area (Å²) in [5, 5.41) is 7.49. The zero-order chi connectivity index (χ0) is 15.2. The highest BCUT2D eigenvalue weighted by Gasteiger charge is 2.20. The molecule has 2 aromatic rings. The number of furan rings is 1. The predicted molar refractivity (Wildman–Crippen MR) is 82.1 cm³/mol. The van der Waals surface area contributed by atoms with Crippen molar-refractivity contribution in [2.45, 2.75) is 40.3 Å². The second kappa shape index (κ2) is 7.43. The van der Waals surface area contributed by atoms with E-state index in [-0.39, 0.29) is 6.04 Å². The van der Waals surface area contributed by atoms with E-state index in [0.29, 0.717) is 0 Å². The van der Waals surface area contributed by atoms with Crippen LogP contribution in [0.25, 0.3) is 0 Å². The smallest absolute Gasteiger partial charge is 0.138 e. The lowest BCUT2D eigenvalue weighted by Crippen LogP contribution is -2.35. The average molecular weight is 291 g/mol. The Morgan fingerprint density at radius 1 is 1.29 bits per heavy atom. The Balaban J connectivity index is 2.00. The summed E-state index contributed by atoms with van der Waals surface area (Å²) in [6.07, 6.45) is 1.74. The van der Waals surface area contributed by atoms with E-state index in [1.54, 1.807) is 6.26 Å². The van der Waals surface area contributed by atoms with Crippen LogP contribution in [0.2, 0.25) is 0 Å². The maximum atomic E-state index is 5.60. The van der Waals surface area contributed by atoms with Gasteiger partial charge in [0.25, 0.3) is 0 Å². The normalized spacial score (nSPS) is 13.0. The maximum absolute atomic E-state index is 5.60. The van der Waals surface area contributed by atoms with Gasteiger partial charge in [0.1, 0.15) is 11.5 Å². The van der Waals surface area contributed by atoms with E-state index in [1.807, 2.05) is 26.0 Å². The lowest BCUT2D eigenvalue weighted by Gasteiger charge is -2.28. The fraction of sp³-hybridized carbons (Fsp3) is 0.562. The van der Waals surface area contributed by atoms with Gasteiger partial charge in [-0.05, 0) is 39.1 Å². The third-order valence-electron chi connectivity index (χ3n) is 3.95. The fourth-order valence-electron chi connectivity index (χ4n) is 2.64. The Morgan fingerprint density at radius 3 is 2.57 bits per heavy atom. The summed E-state index contributed by atoms with van der Waals surface area (Å²) in [4.78, 5) is 2.39. The topological polar surface area (TPSA) is 54.4 Å². The van der Waals surface area contributed by atoms with Crippen molar-refractivity contribution in [2.75, 3.05) is 19.6 Å². The second-order valence-electron chi connectivity index (χ2n) is 5.19. The first-order valence-electron chi connectivity index (χ1n) is 7.57. The predicted octanol–water partition coefficient (Wildman–Crippen LogP) is 3.06. The maximum Gasteiger partial charge on any atom is 0.138 e. The molecule has 1 N–H and O–H groups in total. The van der Waals surface area contributed by atoms with E-state index in [0.717, 1.165) is 49.0 Å². The largest absolute Gasteiger partial charge is 0.468 e. The molecule has 0 spiro atoms. The number of aromatic nitrogens is 1. The molecule has 0 fully saturated rings. The highest BCUT2D eigenvalue weighted by Crippen LogP contribution is 2.20. The van der Waals surface area contributed by atoms with Crippen molar-refractivity contribution in [3.63, 3.8) is 0 Å². The Hall–Kier alpha value is -1.59. The van der Waals surface area contributed by atoms with Crippen LogP contribution in [0.4, 0.5) is 0 Å². The SMILES string of the molecule is CCN(CC)C(CNCc1c(C)noc1C)c1ccco1. The van der Waals surface area contributed by atoms with Gasteiger partial charge in [0.2, 0.25) is 0 Å². The van der Waals surface area contributed by atoms with Gasteiger partial charge >= 0.3 is 0 Å². The Morgan fingerprint density at radius 2 is 2.05 bits per heavy atom. The fourth-order valence-corrected chi connectivity index (χ4v) is 2.64. The van der Waals surface area contributed by atoms with Crippen molar-refractivity contribution in [3.8, 4) is 0 Å². The molecule has 0 aliphatic rings. The third kappa shape index (κ3) is 3.74. The number of hydrogen-bond donors (Lipinski definition) is 1. The highest BCUT2D eigenvalue weighted by molar-refractivity contribution is 5.20. The number of rotatable bonds is 8. The lowest BCUT2D eigenvalue weighted by molar-refractivity contribution is 0.188. The van der Waals surface area contributed by atoms with Crippen molar-refractivity contribution >= 4 is 0 Å². The molecule has 0 aliphatic carbocycles. The molecule has 1 unspecified atom stereocenters. The Kier molecular flexibility index (Phi) is 5.59.